The summed E-state index contributed by atoms with van der Waals surface area (Å²) >= 11 is 0. The van der Waals surface area contributed by atoms with Crippen molar-refractivity contribution in [2.75, 3.05) is 26.4 Å². The molecule has 6 rings (SSSR count). The average molecular weight is 891 g/mol. The fourth-order valence-electron chi connectivity index (χ4n) is 6.98. The maximum Gasteiger partial charge on any atom is 0.343 e. The Kier molecular flexibility index (Phi) is 19.6. The van der Waals surface area contributed by atoms with Gasteiger partial charge >= 0.3 is 11.9 Å². The van der Waals surface area contributed by atoms with Crippen molar-refractivity contribution >= 4 is 11.9 Å². The number of ether oxygens (including phenoxy) is 6. The Morgan fingerprint density at radius 3 is 0.924 bits per heavy atom. The van der Waals surface area contributed by atoms with Gasteiger partial charge < -0.3 is 28.4 Å². The van der Waals surface area contributed by atoms with Crippen molar-refractivity contribution in [3.63, 3.8) is 0 Å². The monoisotopic (exact) mass is 890 g/mol. The Hall–Kier alpha value is -6.54. The first-order valence-electron chi connectivity index (χ1n) is 23.8. The molecular weight excluding hydrogens is 825 g/mol. The minimum absolute atomic E-state index is 0.401. The van der Waals surface area contributed by atoms with Crippen molar-refractivity contribution in [2.24, 2.45) is 11.8 Å². The molecule has 2 atom stereocenters. The van der Waals surface area contributed by atoms with E-state index >= 15 is 0 Å². The van der Waals surface area contributed by atoms with Gasteiger partial charge in [-0.3, -0.25) is 0 Å². The molecule has 0 bridgehead atoms. The first-order valence-corrected chi connectivity index (χ1v) is 23.8. The lowest BCUT2D eigenvalue weighted by Crippen LogP contribution is -2.08. The molecule has 0 unspecified atom stereocenters. The number of hydrogen-bond acceptors (Lipinski definition) is 8. The van der Waals surface area contributed by atoms with Gasteiger partial charge in [-0.1, -0.05) is 128 Å². The van der Waals surface area contributed by atoms with Crippen molar-refractivity contribution in [1.29, 1.82) is 0 Å². The maximum atomic E-state index is 12.8. The van der Waals surface area contributed by atoms with Gasteiger partial charge in [0.05, 0.1) is 37.6 Å². The number of carbonyl (C=O) groups is 2. The van der Waals surface area contributed by atoms with E-state index < -0.39 is 11.9 Å². The third kappa shape index (κ3) is 16.2. The minimum atomic E-state index is -0.401. The molecule has 0 aromatic heterocycles. The summed E-state index contributed by atoms with van der Waals surface area (Å²) in [6.45, 7) is 11.4. The van der Waals surface area contributed by atoms with Crippen LogP contribution in [-0.4, -0.2) is 38.4 Å². The summed E-state index contributed by atoms with van der Waals surface area (Å²) in [5.74, 6) is 4.44. The van der Waals surface area contributed by atoms with Crippen LogP contribution < -0.4 is 28.4 Å². The molecule has 0 aliphatic rings. The molecule has 6 aromatic rings. The molecule has 66 heavy (non-hydrogen) atoms. The number of unbranched alkanes of at least 4 members (excludes halogenated alkanes) is 7. The summed E-state index contributed by atoms with van der Waals surface area (Å²) in [5, 5.41) is 0. The van der Waals surface area contributed by atoms with E-state index in [1.807, 2.05) is 97.1 Å². The Bertz CT molecular complexity index is 2150. The van der Waals surface area contributed by atoms with Gasteiger partial charge in [0.25, 0.3) is 0 Å². The summed E-state index contributed by atoms with van der Waals surface area (Å²) in [6, 6.07) is 45.4. The molecular formula is C58H66O8. The topological polar surface area (TPSA) is 89.5 Å². The standard InChI is InChI=1S/C58H66O8/c1-5-43(3)41-63-53-27-23-47(24-28-53)45-15-19-49(20-16-45)57(59)65-55-35-31-51(32-36-55)61-39-13-11-9-7-8-10-12-14-40-62-52-33-37-56(38-34-52)66-58(60)50-21-17-46(18-22-50)48-25-29-54(30-26-48)64-42-44(4)6-2/h15-38,43-44H,5-14,39-42H2,1-4H3/t43-,44-/m0/s1. The second-order valence-corrected chi connectivity index (χ2v) is 17.1. The van der Waals surface area contributed by atoms with Crippen molar-refractivity contribution < 1.29 is 38.0 Å². The average Bonchev–Trinajstić information content (AvgIpc) is 3.36. The van der Waals surface area contributed by atoms with Crippen LogP contribution in [0.3, 0.4) is 0 Å². The Morgan fingerprint density at radius 2 is 0.606 bits per heavy atom. The number of carbonyl (C=O) groups excluding carboxylic acids is 2. The van der Waals surface area contributed by atoms with Crippen LogP contribution in [0.25, 0.3) is 22.3 Å². The van der Waals surface area contributed by atoms with Crippen LogP contribution in [0, 0.1) is 11.8 Å². The number of rotatable bonds is 27. The summed E-state index contributed by atoms with van der Waals surface area (Å²) in [5.41, 5.74) is 5.13. The zero-order valence-corrected chi connectivity index (χ0v) is 39.2. The number of esters is 2. The first-order chi connectivity index (χ1) is 32.3. The zero-order chi connectivity index (χ0) is 46.4. The van der Waals surface area contributed by atoms with E-state index in [2.05, 4.69) is 27.7 Å². The molecule has 0 fully saturated rings. The van der Waals surface area contributed by atoms with Crippen LogP contribution in [0.1, 0.15) is 113 Å². The SMILES string of the molecule is CC[C@H](C)COc1ccc(-c2ccc(C(=O)Oc3ccc(OCCCCCCCCCCOc4ccc(OC(=O)c5ccc(-c6ccc(OC[C@@H](C)CC)cc6)cc5)cc4)cc3)cc2)cc1. The molecule has 346 valence electrons. The van der Waals surface area contributed by atoms with E-state index in [4.69, 9.17) is 28.4 Å². The fraction of sp³-hybridized carbons (Fsp3) is 0.345. The van der Waals surface area contributed by atoms with Crippen LogP contribution in [0.4, 0.5) is 0 Å². The molecule has 0 heterocycles. The molecule has 8 heteroatoms. The van der Waals surface area contributed by atoms with Crippen molar-refractivity contribution in [3.05, 3.63) is 157 Å². The molecule has 8 nitrogen and oxygen atoms in total. The van der Waals surface area contributed by atoms with Crippen LogP contribution in [0.15, 0.2) is 146 Å². The summed E-state index contributed by atoms with van der Waals surface area (Å²) in [4.78, 5) is 25.6. The predicted molar refractivity (Wildman–Crippen MR) is 264 cm³/mol. The van der Waals surface area contributed by atoms with Crippen LogP contribution in [-0.2, 0) is 0 Å². The van der Waals surface area contributed by atoms with E-state index in [9.17, 15) is 9.59 Å². The van der Waals surface area contributed by atoms with E-state index in [1.54, 1.807) is 48.5 Å². The molecule has 0 saturated heterocycles. The lowest BCUT2D eigenvalue weighted by Gasteiger charge is -2.11. The zero-order valence-electron chi connectivity index (χ0n) is 39.2. The third-order valence-electron chi connectivity index (χ3n) is 11.7. The second kappa shape index (κ2) is 26.4. The third-order valence-corrected chi connectivity index (χ3v) is 11.7. The number of benzene rings is 6. The van der Waals surface area contributed by atoms with Gasteiger partial charge in [0, 0.05) is 0 Å². The summed E-state index contributed by atoms with van der Waals surface area (Å²) in [7, 11) is 0. The lowest BCUT2D eigenvalue weighted by molar-refractivity contribution is 0.0725. The van der Waals surface area contributed by atoms with Gasteiger partial charge in [-0.05, 0) is 144 Å². The maximum absolute atomic E-state index is 12.8. The first kappa shape index (κ1) is 48.9. The fourth-order valence-corrected chi connectivity index (χ4v) is 6.98. The normalized spacial score (nSPS) is 11.9. The van der Waals surface area contributed by atoms with Crippen LogP contribution in [0.5, 0.6) is 34.5 Å². The highest BCUT2D eigenvalue weighted by atomic mass is 16.5. The Morgan fingerprint density at radius 1 is 0.348 bits per heavy atom. The van der Waals surface area contributed by atoms with Crippen molar-refractivity contribution in [2.45, 2.75) is 91.9 Å². The molecule has 0 spiro atoms. The molecule has 0 saturated carbocycles. The second-order valence-electron chi connectivity index (χ2n) is 17.1. The quantitative estimate of drug-likeness (QED) is 0.0287. The van der Waals surface area contributed by atoms with Gasteiger partial charge in [-0.2, -0.15) is 0 Å². The largest absolute Gasteiger partial charge is 0.494 e. The summed E-state index contributed by atoms with van der Waals surface area (Å²) < 4.78 is 34.8. The van der Waals surface area contributed by atoms with Crippen molar-refractivity contribution in [3.8, 4) is 56.8 Å². The van der Waals surface area contributed by atoms with Gasteiger partial charge in [-0.25, -0.2) is 9.59 Å². The molecule has 0 aliphatic carbocycles. The minimum Gasteiger partial charge on any atom is -0.494 e. The highest BCUT2D eigenvalue weighted by molar-refractivity contribution is 5.92. The highest BCUT2D eigenvalue weighted by Gasteiger charge is 2.12. The van der Waals surface area contributed by atoms with E-state index in [0.29, 0.717) is 60.9 Å². The van der Waals surface area contributed by atoms with E-state index in [1.165, 1.54) is 25.7 Å². The van der Waals surface area contributed by atoms with Gasteiger partial charge in [0.2, 0.25) is 0 Å². The van der Waals surface area contributed by atoms with E-state index in [-0.39, 0.29) is 0 Å². The Labute approximate surface area is 392 Å². The Balaban J connectivity index is 0.767. The van der Waals surface area contributed by atoms with Crippen molar-refractivity contribution in [1.82, 2.24) is 0 Å². The van der Waals surface area contributed by atoms with Gasteiger partial charge in [0.15, 0.2) is 0 Å². The molecule has 0 N–H and O–H groups in total. The highest BCUT2D eigenvalue weighted by Crippen LogP contribution is 2.27. The molecule has 0 amide bonds. The van der Waals surface area contributed by atoms with Gasteiger partial charge in [-0.15, -0.1) is 0 Å². The van der Waals surface area contributed by atoms with E-state index in [0.717, 1.165) is 83.8 Å². The lowest BCUT2D eigenvalue weighted by atomic mass is 10.0. The van der Waals surface area contributed by atoms with Crippen LogP contribution in [0.2, 0.25) is 0 Å². The summed E-state index contributed by atoms with van der Waals surface area (Å²) in [6.07, 6.45) is 11.2. The molecule has 0 aliphatic heterocycles. The smallest absolute Gasteiger partial charge is 0.343 e. The number of hydrogen-bond donors (Lipinski definition) is 0. The van der Waals surface area contributed by atoms with Crippen LogP contribution >= 0.6 is 0 Å². The predicted octanol–water partition coefficient (Wildman–Crippen LogP) is 14.9. The molecule has 0 radical (unpaired) electrons. The van der Waals surface area contributed by atoms with Gasteiger partial charge in [0.1, 0.15) is 34.5 Å². The molecule has 6 aromatic carbocycles.